The maximum absolute atomic E-state index is 12.5. The first kappa shape index (κ1) is 18.5. The summed E-state index contributed by atoms with van der Waals surface area (Å²) in [7, 11) is -1.77. The molecule has 3 rings (SSSR count). The average Bonchev–Trinajstić information content (AvgIpc) is 2.68. The van der Waals surface area contributed by atoms with Crippen molar-refractivity contribution in [3.8, 4) is 0 Å². The molecule has 7 heteroatoms. The van der Waals surface area contributed by atoms with Crippen LogP contribution in [0.15, 0.2) is 53.4 Å². The molecule has 0 amide bonds. The van der Waals surface area contributed by atoms with Gasteiger partial charge in [0.05, 0.1) is 22.0 Å². The second-order valence-electron chi connectivity index (χ2n) is 6.37. The second-order valence-corrected chi connectivity index (χ2v) is 8.05. The normalized spacial score (nSPS) is 15.4. The molecule has 0 unspecified atom stereocenters. The van der Waals surface area contributed by atoms with Crippen molar-refractivity contribution in [2.45, 2.75) is 17.7 Å². The third-order valence-corrected chi connectivity index (χ3v) is 5.91. The van der Waals surface area contributed by atoms with Crippen LogP contribution < -0.4 is 15.4 Å². The lowest BCUT2D eigenvalue weighted by Crippen LogP contribution is -2.23. The van der Waals surface area contributed by atoms with Gasteiger partial charge in [0.1, 0.15) is 0 Å². The number of nitrogens with one attached hydrogen (secondary N) is 3. The smallest absolute Gasteiger partial charge is 0.261 e. The topological polar surface area (TPSA) is 79.5 Å². The van der Waals surface area contributed by atoms with Crippen LogP contribution in [0, 0.1) is 5.92 Å². The van der Waals surface area contributed by atoms with E-state index in [1.54, 1.807) is 42.5 Å². The van der Waals surface area contributed by atoms with Gasteiger partial charge in [-0.05, 0) is 49.1 Å². The predicted molar refractivity (Wildman–Crippen MR) is 105 cm³/mol. The second kappa shape index (κ2) is 8.42. The van der Waals surface area contributed by atoms with Gasteiger partial charge in [-0.1, -0.05) is 18.2 Å². The Bertz CT molecular complexity index is 819. The van der Waals surface area contributed by atoms with Gasteiger partial charge in [-0.15, -0.1) is 0 Å². The molecule has 26 heavy (non-hydrogen) atoms. The van der Waals surface area contributed by atoms with E-state index in [0.29, 0.717) is 11.6 Å². The fourth-order valence-corrected chi connectivity index (χ4v) is 4.06. The Morgan fingerprint density at radius 2 is 1.77 bits per heavy atom. The van der Waals surface area contributed by atoms with Crippen LogP contribution in [0.5, 0.6) is 0 Å². The van der Waals surface area contributed by atoms with Gasteiger partial charge < -0.3 is 15.4 Å². The average molecular weight is 375 g/mol. The van der Waals surface area contributed by atoms with Crippen molar-refractivity contribution in [1.29, 1.82) is 0 Å². The monoisotopic (exact) mass is 375 g/mol. The maximum atomic E-state index is 12.5. The Kier molecular flexibility index (Phi) is 6.00. The van der Waals surface area contributed by atoms with E-state index >= 15 is 0 Å². The lowest BCUT2D eigenvalue weighted by molar-refractivity contribution is 0.0699. The summed E-state index contributed by atoms with van der Waals surface area (Å²) in [6.45, 7) is 2.53. The first-order valence-corrected chi connectivity index (χ1v) is 10.3. The van der Waals surface area contributed by atoms with Gasteiger partial charge in [-0.2, -0.15) is 0 Å². The van der Waals surface area contributed by atoms with E-state index in [-0.39, 0.29) is 4.90 Å². The molecule has 6 nitrogen and oxygen atoms in total. The highest BCUT2D eigenvalue weighted by molar-refractivity contribution is 7.92. The first-order valence-electron chi connectivity index (χ1n) is 8.80. The summed E-state index contributed by atoms with van der Waals surface area (Å²) in [6.07, 6.45) is 2.13. The van der Waals surface area contributed by atoms with Gasteiger partial charge in [0, 0.05) is 26.8 Å². The molecule has 140 valence electrons. The van der Waals surface area contributed by atoms with E-state index in [1.165, 1.54) is 0 Å². The molecular formula is C19H25N3O3S. The van der Waals surface area contributed by atoms with E-state index in [9.17, 15) is 8.42 Å². The number of benzene rings is 2. The van der Waals surface area contributed by atoms with E-state index in [0.717, 1.165) is 44.0 Å². The van der Waals surface area contributed by atoms with Crippen molar-refractivity contribution in [2.24, 2.45) is 5.92 Å². The van der Waals surface area contributed by atoms with Gasteiger partial charge >= 0.3 is 0 Å². The molecule has 1 aliphatic heterocycles. The van der Waals surface area contributed by atoms with Crippen LogP contribution in [-0.4, -0.2) is 35.2 Å². The Balaban J connectivity index is 1.70. The number of rotatable bonds is 7. The van der Waals surface area contributed by atoms with E-state index in [4.69, 9.17) is 4.74 Å². The van der Waals surface area contributed by atoms with Crippen LogP contribution in [-0.2, 0) is 14.8 Å². The molecule has 0 radical (unpaired) electrons. The molecule has 3 N–H and O–H groups in total. The van der Waals surface area contributed by atoms with E-state index < -0.39 is 10.0 Å². The minimum atomic E-state index is -3.59. The largest absolute Gasteiger partial charge is 0.386 e. The van der Waals surface area contributed by atoms with Gasteiger partial charge in [-0.3, -0.25) is 4.72 Å². The molecular weight excluding hydrogens is 350 g/mol. The number of ether oxygens (including phenoxy) is 1. The molecule has 0 aromatic heterocycles. The number of hydrogen-bond donors (Lipinski definition) is 3. The Morgan fingerprint density at radius 1 is 1.04 bits per heavy atom. The third kappa shape index (κ3) is 4.68. The van der Waals surface area contributed by atoms with Crippen molar-refractivity contribution in [1.82, 2.24) is 0 Å². The minimum absolute atomic E-state index is 0.243. The Labute approximate surface area is 155 Å². The van der Waals surface area contributed by atoms with Crippen LogP contribution in [0.3, 0.4) is 0 Å². The van der Waals surface area contributed by atoms with Crippen LogP contribution in [0.4, 0.5) is 17.1 Å². The van der Waals surface area contributed by atoms with Gasteiger partial charge in [0.15, 0.2) is 0 Å². The number of anilines is 3. The van der Waals surface area contributed by atoms with Gasteiger partial charge in [-0.25, -0.2) is 8.42 Å². The summed E-state index contributed by atoms with van der Waals surface area (Å²) < 4.78 is 32.9. The fraction of sp³-hybridized carbons (Fsp3) is 0.368. The molecule has 1 fully saturated rings. The molecule has 0 spiro atoms. The van der Waals surface area contributed by atoms with Crippen LogP contribution in [0.2, 0.25) is 0 Å². The van der Waals surface area contributed by atoms with E-state index in [1.807, 2.05) is 13.1 Å². The Hall–Kier alpha value is -2.25. The Morgan fingerprint density at radius 3 is 2.46 bits per heavy atom. The number of hydrogen-bond acceptors (Lipinski definition) is 5. The predicted octanol–water partition coefficient (Wildman–Crippen LogP) is 3.37. The lowest BCUT2D eigenvalue weighted by Gasteiger charge is -2.23. The third-order valence-electron chi connectivity index (χ3n) is 4.52. The highest BCUT2D eigenvalue weighted by Crippen LogP contribution is 2.28. The summed E-state index contributed by atoms with van der Waals surface area (Å²) in [4.78, 5) is 0.243. The lowest BCUT2D eigenvalue weighted by atomic mass is 10.0. The zero-order valence-corrected chi connectivity index (χ0v) is 15.7. The standard InChI is InChI=1S/C19H25N3O3S/c1-20-19-13-16(22-26(23,24)17-5-3-2-4-6-17)7-8-18(19)21-14-15-9-11-25-12-10-15/h2-8,13,15,20-22H,9-12,14H2,1H3. The van der Waals surface area contributed by atoms with Crippen LogP contribution in [0.1, 0.15) is 12.8 Å². The summed E-state index contributed by atoms with van der Waals surface area (Å²) in [5.74, 6) is 0.602. The van der Waals surface area contributed by atoms with Crippen molar-refractivity contribution in [3.63, 3.8) is 0 Å². The fourth-order valence-electron chi connectivity index (χ4n) is 2.99. The molecule has 2 aromatic rings. The molecule has 0 aliphatic carbocycles. The molecule has 0 saturated carbocycles. The summed E-state index contributed by atoms with van der Waals surface area (Å²) in [5.41, 5.74) is 2.33. The van der Waals surface area contributed by atoms with Crippen molar-refractivity contribution >= 4 is 27.1 Å². The van der Waals surface area contributed by atoms with E-state index in [2.05, 4.69) is 15.4 Å². The van der Waals surface area contributed by atoms with Gasteiger partial charge in [0.2, 0.25) is 0 Å². The van der Waals surface area contributed by atoms with Crippen molar-refractivity contribution < 1.29 is 13.2 Å². The first-order chi connectivity index (χ1) is 12.6. The number of sulfonamides is 1. The molecule has 2 aromatic carbocycles. The zero-order valence-electron chi connectivity index (χ0n) is 14.9. The molecule has 1 saturated heterocycles. The summed E-state index contributed by atoms with van der Waals surface area (Å²) >= 11 is 0. The molecule has 1 aliphatic rings. The summed E-state index contributed by atoms with van der Waals surface area (Å²) in [5, 5.41) is 6.59. The van der Waals surface area contributed by atoms with Crippen molar-refractivity contribution in [3.05, 3.63) is 48.5 Å². The van der Waals surface area contributed by atoms with Crippen LogP contribution in [0.25, 0.3) is 0 Å². The highest BCUT2D eigenvalue weighted by atomic mass is 32.2. The summed E-state index contributed by atoms with van der Waals surface area (Å²) in [6, 6.07) is 13.8. The van der Waals surface area contributed by atoms with Crippen molar-refractivity contribution in [2.75, 3.05) is 42.2 Å². The van der Waals surface area contributed by atoms with Gasteiger partial charge in [0.25, 0.3) is 10.0 Å². The maximum Gasteiger partial charge on any atom is 0.261 e. The van der Waals surface area contributed by atoms with Crippen LogP contribution >= 0.6 is 0 Å². The quantitative estimate of drug-likeness (QED) is 0.691. The highest BCUT2D eigenvalue weighted by Gasteiger charge is 2.16. The SMILES string of the molecule is CNc1cc(NS(=O)(=O)c2ccccc2)ccc1NCC1CCOCC1. The molecule has 1 heterocycles. The molecule has 0 bridgehead atoms. The minimum Gasteiger partial charge on any atom is -0.386 e. The zero-order chi connectivity index (χ0) is 18.4. The molecule has 0 atom stereocenters.